The summed E-state index contributed by atoms with van der Waals surface area (Å²) >= 11 is 3.31. The van der Waals surface area contributed by atoms with E-state index < -0.39 is 0 Å². The predicted octanol–water partition coefficient (Wildman–Crippen LogP) is 3.11. The fourth-order valence-electron chi connectivity index (χ4n) is 1.53. The number of imidazole rings is 1. The third-order valence-corrected chi connectivity index (χ3v) is 2.60. The number of aromatic amines is 1. The van der Waals surface area contributed by atoms with Crippen LogP contribution in [-0.4, -0.2) is 15.1 Å². The largest absolute Gasteiger partial charge is 0.508 e. The number of aromatic hydroxyl groups is 1. The lowest BCUT2D eigenvalue weighted by molar-refractivity contribution is 0.475. The summed E-state index contributed by atoms with van der Waals surface area (Å²) in [6.07, 6.45) is 0.879. The Kier molecular flexibility index (Phi) is 2.77. The van der Waals surface area contributed by atoms with E-state index in [0.717, 1.165) is 28.1 Å². The molecule has 2 N–H and O–H groups in total. The van der Waals surface area contributed by atoms with Crippen LogP contribution in [-0.2, 0) is 6.42 Å². The van der Waals surface area contributed by atoms with Crippen molar-refractivity contribution in [1.82, 2.24) is 9.97 Å². The Morgan fingerprint density at radius 2 is 2.27 bits per heavy atom. The van der Waals surface area contributed by atoms with Gasteiger partial charge in [-0.3, -0.25) is 0 Å². The van der Waals surface area contributed by atoms with Crippen LogP contribution in [0.4, 0.5) is 0 Å². The topological polar surface area (TPSA) is 48.9 Å². The van der Waals surface area contributed by atoms with Crippen LogP contribution in [0.2, 0.25) is 0 Å². The Morgan fingerprint density at radius 3 is 2.93 bits per heavy atom. The first kappa shape index (κ1) is 10.2. The molecule has 0 atom stereocenters. The van der Waals surface area contributed by atoms with Crippen molar-refractivity contribution in [3.8, 4) is 17.0 Å². The van der Waals surface area contributed by atoms with E-state index in [9.17, 15) is 5.11 Å². The maximum Gasteiger partial charge on any atom is 0.175 e. The number of H-pyrrole nitrogens is 1. The highest BCUT2D eigenvalue weighted by atomic mass is 79.9. The van der Waals surface area contributed by atoms with E-state index in [-0.39, 0.29) is 5.75 Å². The number of nitrogens with zero attached hydrogens (tertiary/aromatic N) is 1. The summed E-state index contributed by atoms with van der Waals surface area (Å²) in [5, 5.41) is 9.40. The van der Waals surface area contributed by atoms with E-state index in [4.69, 9.17) is 0 Å². The second-order valence-electron chi connectivity index (χ2n) is 3.26. The third-order valence-electron chi connectivity index (χ3n) is 2.22. The minimum Gasteiger partial charge on any atom is -0.508 e. The summed E-state index contributed by atoms with van der Waals surface area (Å²) < 4.78 is 0.720. The first-order valence-electron chi connectivity index (χ1n) is 4.74. The molecule has 1 aromatic heterocycles. The van der Waals surface area contributed by atoms with Crippen molar-refractivity contribution in [2.45, 2.75) is 13.3 Å². The number of nitrogens with one attached hydrogen (secondary N) is 1. The molecule has 0 radical (unpaired) electrons. The SMILES string of the molecule is CCc1[nH]c(Br)nc1-c1cccc(O)c1. The van der Waals surface area contributed by atoms with Gasteiger partial charge >= 0.3 is 0 Å². The number of phenolic OH excluding ortho intramolecular Hbond substituents is 1. The molecule has 2 aromatic rings. The second kappa shape index (κ2) is 4.06. The Balaban J connectivity index is 2.53. The molecule has 0 aliphatic carbocycles. The lowest BCUT2D eigenvalue weighted by Gasteiger charge is -2.00. The number of hydrogen-bond acceptors (Lipinski definition) is 2. The molecule has 0 saturated carbocycles. The highest BCUT2D eigenvalue weighted by molar-refractivity contribution is 9.10. The zero-order chi connectivity index (χ0) is 10.8. The van der Waals surface area contributed by atoms with Crippen LogP contribution in [0.3, 0.4) is 0 Å². The average Bonchev–Trinajstić information content (AvgIpc) is 2.59. The molecule has 0 unspecified atom stereocenters. The van der Waals surface area contributed by atoms with Crippen molar-refractivity contribution in [3.05, 3.63) is 34.7 Å². The van der Waals surface area contributed by atoms with Gasteiger partial charge in [0.2, 0.25) is 0 Å². The van der Waals surface area contributed by atoms with Crippen LogP contribution < -0.4 is 0 Å². The van der Waals surface area contributed by atoms with Crippen molar-refractivity contribution < 1.29 is 5.11 Å². The molecule has 2 rings (SSSR count). The van der Waals surface area contributed by atoms with Crippen LogP contribution in [0.15, 0.2) is 29.0 Å². The quantitative estimate of drug-likeness (QED) is 0.878. The van der Waals surface area contributed by atoms with Gasteiger partial charge in [-0.1, -0.05) is 19.1 Å². The minimum atomic E-state index is 0.258. The standard InChI is InChI=1S/C11H11BrN2O/c1-2-9-10(14-11(12)13-9)7-4-3-5-8(15)6-7/h3-6,15H,2H2,1H3,(H,13,14). The number of halogens is 1. The van der Waals surface area contributed by atoms with E-state index in [0.29, 0.717) is 0 Å². The van der Waals surface area contributed by atoms with E-state index in [1.165, 1.54) is 0 Å². The lowest BCUT2D eigenvalue weighted by Crippen LogP contribution is -1.85. The van der Waals surface area contributed by atoms with Crippen molar-refractivity contribution in [3.63, 3.8) is 0 Å². The van der Waals surface area contributed by atoms with Gasteiger partial charge in [-0.05, 0) is 34.5 Å². The average molecular weight is 267 g/mol. The van der Waals surface area contributed by atoms with Crippen LogP contribution in [0.25, 0.3) is 11.3 Å². The minimum absolute atomic E-state index is 0.258. The lowest BCUT2D eigenvalue weighted by atomic mass is 10.1. The van der Waals surface area contributed by atoms with Gasteiger partial charge < -0.3 is 10.1 Å². The van der Waals surface area contributed by atoms with Gasteiger partial charge in [0.25, 0.3) is 0 Å². The molecule has 0 bridgehead atoms. The monoisotopic (exact) mass is 266 g/mol. The van der Waals surface area contributed by atoms with Gasteiger partial charge in [0.15, 0.2) is 4.73 Å². The van der Waals surface area contributed by atoms with Crippen LogP contribution in [0.1, 0.15) is 12.6 Å². The molecule has 1 heterocycles. The highest BCUT2D eigenvalue weighted by Crippen LogP contribution is 2.26. The Morgan fingerprint density at radius 1 is 1.47 bits per heavy atom. The highest BCUT2D eigenvalue weighted by Gasteiger charge is 2.09. The Hall–Kier alpha value is -1.29. The molecule has 1 aromatic carbocycles. The van der Waals surface area contributed by atoms with E-state index in [1.54, 1.807) is 12.1 Å². The number of rotatable bonds is 2. The number of aromatic nitrogens is 2. The maximum atomic E-state index is 9.40. The summed E-state index contributed by atoms with van der Waals surface area (Å²) in [4.78, 5) is 7.48. The number of aryl methyl sites for hydroxylation is 1. The molecule has 0 aliphatic rings. The van der Waals surface area contributed by atoms with Crippen LogP contribution in [0, 0.1) is 0 Å². The summed E-state index contributed by atoms with van der Waals surface area (Å²) in [6.45, 7) is 2.06. The van der Waals surface area contributed by atoms with Gasteiger partial charge in [0, 0.05) is 11.3 Å². The van der Waals surface area contributed by atoms with Crippen LogP contribution >= 0.6 is 15.9 Å². The summed E-state index contributed by atoms with van der Waals surface area (Å²) in [6, 6.07) is 7.10. The first-order chi connectivity index (χ1) is 7.20. The Labute approximate surface area is 96.3 Å². The fourth-order valence-corrected chi connectivity index (χ4v) is 1.94. The molecule has 78 valence electrons. The molecule has 0 aliphatic heterocycles. The molecule has 0 amide bonds. The van der Waals surface area contributed by atoms with Crippen molar-refractivity contribution in [2.75, 3.05) is 0 Å². The van der Waals surface area contributed by atoms with Gasteiger partial charge in [-0.25, -0.2) is 4.98 Å². The molecule has 0 saturated heterocycles. The smallest absolute Gasteiger partial charge is 0.175 e. The first-order valence-corrected chi connectivity index (χ1v) is 5.53. The van der Waals surface area contributed by atoms with Crippen molar-refractivity contribution in [1.29, 1.82) is 0 Å². The molecule has 4 heteroatoms. The molecular formula is C11H11BrN2O. The zero-order valence-electron chi connectivity index (χ0n) is 8.29. The van der Waals surface area contributed by atoms with Crippen molar-refractivity contribution in [2.24, 2.45) is 0 Å². The summed E-state index contributed by atoms with van der Waals surface area (Å²) in [5.41, 5.74) is 2.88. The van der Waals surface area contributed by atoms with Gasteiger partial charge in [-0.2, -0.15) is 0 Å². The maximum absolute atomic E-state index is 9.40. The molecule has 0 spiro atoms. The summed E-state index contributed by atoms with van der Waals surface area (Å²) in [5.74, 6) is 0.258. The molecule has 15 heavy (non-hydrogen) atoms. The Bertz CT molecular complexity index is 479. The van der Waals surface area contributed by atoms with Gasteiger partial charge in [0.05, 0.1) is 5.69 Å². The van der Waals surface area contributed by atoms with E-state index in [2.05, 4.69) is 32.8 Å². The number of phenols is 1. The van der Waals surface area contributed by atoms with Gasteiger partial charge in [0.1, 0.15) is 5.75 Å². The zero-order valence-corrected chi connectivity index (χ0v) is 9.87. The van der Waals surface area contributed by atoms with Gasteiger partial charge in [-0.15, -0.1) is 0 Å². The van der Waals surface area contributed by atoms with E-state index >= 15 is 0 Å². The summed E-state index contributed by atoms with van der Waals surface area (Å²) in [7, 11) is 0. The second-order valence-corrected chi connectivity index (χ2v) is 4.01. The number of hydrogen-bond donors (Lipinski definition) is 2. The third kappa shape index (κ3) is 2.04. The normalized spacial score (nSPS) is 10.5. The van der Waals surface area contributed by atoms with Crippen molar-refractivity contribution >= 4 is 15.9 Å². The molecular weight excluding hydrogens is 256 g/mol. The van der Waals surface area contributed by atoms with Crippen LogP contribution in [0.5, 0.6) is 5.75 Å². The molecule has 3 nitrogen and oxygen atoms in total. The number of benzene rings is 1. The molecule has 0 fully saturated rings. The fraction of sp³-hybridized carbons (Fsp3) is 0.182. The predicted molar refractivity (Wildman–Crippen MR) is 62.8 cm³/mol. The van der Waals surface area contributed by atoms with E-state index in [1.807, 2.05) is 12.1 Å².